The molecule has 2 aromatic carbocycles. The van der Waals surface area contributed by atoms with Crippen LogP contribution in [0.1, 0.15) is 24.5 Å². The summed E-state index contributed by atoms with van der Waals surface area (Å²) < 4.78 is 5.34. The van der Waals surface area contributed by atoms with Gasteiger partial charge in [0, 0.05) is 39.9 Å². The zero-order valence-electron chi connectivity index (χ0n) is 18.9. The number of nitrogens with one attached hydrogen (secondary N) is 2. The molecule has 180 valence electrons. The SMILES string of the molecule is COc1ccc2nccc(C(O)CN3CCC(NCC(=O)Nc4cc(Cl)cc(Cl)c4)CC3)c2c1. The standard InChI is InChI=1S/C25H28Cl2N4O3/c1-34-20-2-3-23-22(13-20)21(4-7-28-23)24(32)15-31-8-5-18(6-9-31)29-14-25(33)30-19-11-16(26)10-17(27)12-19/h2-4,7,10-13,18,24,29,32H,5-6,8-9,14-15H2,1H3,(H,30,33). The van der Waals surface area contributed by atoms with Crippen LogP contribution in [-0.2, 0) is 4.79 Å². The van der Waals surface area contributed by atoms with E-state index in [1.807, 2.05) is 24.3 Å². The van der Waals surface area contributed by atoms with E-state index < -0.39 is 6.10 Å². The van der Waals surface area contributed by atoms with E-state index in [-0.39, 0.29) is 18.5 Å². The number of rotatable bonds is 8. The third-order valence-corrected chi connectivity index (χ3v) is 6.49. The zero-order chi connectivity index (χ0) is 24.1. The number of hydrogen-bond acceptors (Lipinski definition) is 6. The number of carbonyl (C=O) groups is 1. The lowest BCUT2D eigenvalue weighted by molar-refractivity contribution is -0.115. The van der Waals surface area contributed by atoms with Crippen LogP contribution in [-0.4, -0.2) is 60.2 Å². The molecule has 0 saturated carbocycles. The predicted octanol–water partition coefficient (Wildman–Crippen LogP) is 4.28. The number of likely N-dealkylation sites (tertiary alicyclic amines) is 1. The summed E-state index contributed by atoms with van der Waals surface area (Å²) in [6.07, 6.45) is 2.89. The minimum Gasteiger partial charge on any atom is -0.497 e. The van der Waals surface area contributed by atoms with E-state index in [0.29, 0.717) is 22.3 Å². The van der Waals surface area contributed by atoms with Crippen LogP contribution < -0.4 is 15.4 Å². The number of carbonyl (C=O) groups excluding carboxylic acids is 1. The van der Waals surface area contributed by atoms with Crippen LogP contribution in [0, 0.1) is 0 Å². The number of benzene rings is 2. The predicted molar refractivity (Wildman–Crippen MR) is 136 cm³/mol. The molecule has 0 bridgehead atoms. The molecule has 7 nitrogen and oxygen atoms in total. The molecule has 1 amide bonds. The number of pyridine rings is 1. The molecule has 3 N–H and O–H groups in total. The maximum absolute atomic E-state index is 12.3. The van der Waals surface area contributed by atoms with Crippen molar-refractivity contribution in [3.05, 3.63) is 64.3 Å². The van der Waals surface area contributed by atoms with Gasteiger partial charge in [0.25, 0.3) is 0 Å². The number of methoxy groups -OCH3 is 1. The highest BCUT2D eigenvalue weighted by Crippen LogP contribution is 2.28. The first-order chi connectivity index (χ1) is 16.4. The first-order valence-corrected chi connectivity index (χ1v) is 12.0. The molecule has 34 heavy (non-hydrogen) atoms. The second-order valence-corrected chi connectivity index (χ2v) is 9.33. The van der Waals surface area contributed by atoms with E-state index in [9.17, 15) is 9.90 Å². The number of hydrogen-bond donors (Lipinski definition) is 3. The topological polar surface area (TPSA) is 86.7 Å². The Morgan fingerprint density at radius 3 is 2.62 bits per heavy atom. The molecule has 1 unspecified atom stereocenters. The monoisotopic (exact) mass is 502 g/mol. The Kier molecular flexibility index (Phi) is 8.24. The number of halogens is 2. The fraction of sp³-hybridized carbons (Fsp3) is 0.360. The lowest BCUT2D eigenvalue weighted by atomic mass is 10.0. The van der Waals surface area contributed by atoms with Crippen LogP contribution in [0.3, 0.4) is 0 Å². The van der Waals surface area contributed by atoms with Crippen LogP contribution in [0.5, 0.6) is 5.75 Å². The molecule has 0 spiro atoms. The number of aliphatic hydroxyl groups excluding tert-OH is 1. The van der Waals surface area contributed by atoms with Gasteiger partial charge in [-0.25, -0.2) is 0 Å². The molecule has 9 heteroatoms. The maximum atomic E-state index is 12.3. The average Bonchev–Trinajstić information content (AvgIpc) is 2.82. The summed E-state index contributed by atoms with van der Waals surface area (Å²) in [5.41, 5.74) is 2.26. The van der Waals surface area contributed by atoms with Crippen molar-refractivity contribution < 1.29 is 14.6 Å². The number of aromatic nitrogens is 1. The van der Waals surface area contributed by atoms with Crippen molar-refractivity contribution in [3.63, 3.8) is 0 Å². The summed E-state index contributed by atoms with van der Waals surface area (Å²) in [5.74, 6) is 0.597. The Balaban J connectivity index is 1.25. The van der Waals surface area contributed by atoms with Gasteiger partial charge in [0.2, 0.25) is 5.91 Å². The highest BCUT2D eigenvalue weighted by molar-refractivity contribution is 6.35. The van der Waals surface area contributed by atoms with Crippen LogP contribution in [0.4, 0.5) is 5.69 Å². The Morgan fingerprint density at radius 2 is 1.91 bits per heavy atom. The van der Waals surface area contributed by atoms with E-state index in [1.54, 1.807) is 31.5 Å². The van der Waals surface area contributed by atoms with Gasteiger partial charge in [-0.2, -0.15) is 0 Å². The Hall–Kier alpha value is -2.42. The summed E-state index contributed by atoms with van der Waals surface area (Å²) in [6, 6.07) is 12.7. The van der Waals surface area contributed by atoms with Crippen molar-refractivity contribution in [2.45, 2.75) is 25.0 Å². The molecule has 1 saturated heterocycles. The second-order valence-electron chi connectivity index (χ2n) is 8.46. The Bertz CT molecular complexity index is 1130. The van der Waals surface area contributed by atoms with Crippen LogP contribution in [0.25, 0.3) is 10.9 Å². The van der Waals surface area contributed by atoms with Gasteiger partial charge in [0.15, 0.2) is 0 Å². The van der Waals surface area contributed by atoms with Gasteiger partial charge in [-0.15, -0.1) is 0 Å². The average molecular weight is 503 g/mol. The number of piperidine rings is 1. The van der Waals surface area contributed by atoms with E-state index in [1.165, 1.54) is 0 Å². The highest BCUT2D eigenvalue weighted by atomic mass is 35.5. The van der Waals surface area contributed by atoms with Gasteiger partial charge in [-0.3, -0.25) is 9.78 Å². The van der Waals surface area contributed by atoms with Crippen molar-refractivity contribution >= 4 is 45.7 Å². The fourth-order valence-corrected chi connectivity index (χ4v) is 4.82. The third-order valence-electron chi connectivity index (χ3n) is 6.06. The summed E-state index contributed by atoms with van der Waals surface area (Å²) >= 11 is 12.0. The van der Waals surface area contributed by atoms with Crippen molar-refractivity contribution in [2.75, 3.05) is 38.6 Å². The molecule has 0 aliphatic carbocycles. The molecule has 1 fully saturated rings. The lowest BCUT2D eigenvalue weighted by Crippen LogP contribution is -2.45. The molecule has 1 aromatic heterocycles. The molecule has 0 radical (unpaired) electrons. The van der Waals surface area contributed by atoms with E-state index >= 15 is 0 Å². The largest absolute Gasteiger partial charge is 0.497 e. The molecule has 1 atom stereocenters. The normalized spacial score (nSPS) is 15.9. The number of aliphatic hydroxyl groups is 1. The maximum Gasteiger partial charge on any atom is 0.238 e. The zero-order valence-corrected chi connectivity index (χ0v) is 20.4. The quantitative estimate of drug-likeness (QED) is 0.426. The van der Waals surface area contributed by atoms with E-state index in [0.717, 1.165) is 48.1 Å². The molecular weight excluding hydrogens is 475 g/mol. The number of amides is 1. The number of fused-ring (bicyclic) bond motifs is 1. The molecule has 2 heterocycles. The summed E-state index contributed by atoms with van der Waals surface area (Å²) in [4.78, 5) is 18.9. The second kappa shape index (κ2) is 11.3. The van der Waals surface area contributed by atoms with E-state index in [4.69, 9.17) is 27.9 Å². The van der Waals surface area contributed by atoms with Crippen molar-refractivity contribution in [2.24, 2.45) is 0 Å². The van der Waals surface area contributed by atoms with Crippen LogP contribution in [0.15, 0.2) is 48.7 Å². The lowest BCUT2D eigenvalue weighted by Gasteiger charge is -2.33. The van der Waals surface area contributed by atoms with Crippen molar-refractivity contribution in [3.8, 4) is 5.75 Å². The summed E-state index contributed by atoms with van der Waals surface area (Å²) in [7, 11) is 1.63. The van der Waals surface area contributed by atoms with Gasteiger partial charge >= 0.3 is 0 Å². The fourth-order valence-electron chi connectivity index (χ4n) is 4.29. The first kappa shape index (κ1) is 24.7. The number of β-amino-alcohol motifs (C(OH)–C–C–N with tert-alkyl or cyclic N) is 1. The molecule has 3 aromatic rings. The molecule has 1 aliphatic rings. The Morgan fingerprint density at radius 1 is 1.18 bits per heavy atom. The minimum atomic E-state index is -0.627. The number of anilines is 1. The van der Waals surface area contributed by atoms with Gasteiger partial charge in [-0.05, 0) is 74.0 Å². The number of nitrogens with zero attached hydrogens (tertiary/aromatic N) is 2. The summed E-state index contributed by atoms with van der Waals surface area (Å²) in [5, 5.41) is 18.9. The molecule has 1 aliphatic heterocycles. The number of ether oxygens (including phenoxy) is 1. The first-order valence-electron chi connectivity index (χ1n) is 11.2. The third kappa shape index (κ3) is 6.37. The Labute approximate surface area is 209 Å². The highest BCUT2D eigenvalue weighted by Gasteiger charge is 2.23. The van der Waals surface area contributed by atoms with Gasteiger partial charge in [0.1, 0.15) is 5.75 Å². The smallest absolute Gasteiger partial charge is 0.238 e. The minimum absolute atomic E-state index is 0.142. The van der Waals surface area contributed by atoms with Crippen LogP contribution >= 0.6 is 23.2 Å². The summed E-state index contributed by atoms with van der Waals surface area (Å²) in [6.45, 7) is 2.43. The molecular formula is C25H28Cl2N4O3. The van der Waals surface area contributed by atoms with Crippen molar-refractivity contribution in [1.29, 1.82) is 0 Å². The van der Waals surface area contributed by atoms with Crippen LogP contribution in [0.2, 0.25) is 10.0 Å². The van der Waals surface area contributed by atoms with Gasteiger partial charge in [-0.1, -0.05) is 23.2 Å². The van der Waals surface area contributed by atoms with Gasteiger partial charge in [0.05, 0.1) is 25.3 Å². The van der Waals surface area contributed by atoms with E-state index in [2.05, 4.69) is 20.5 Å². The van der Waals surface area contributed by atoms with Gasteiger partial charge < -0.3 is 25.4 Å². The van der Waals surface area contributed by atoms with Crippen molar-refractivity contribution in [1.82, 2.24) is 15.2 Å². The molecule has 4 rings (SSSR count).